The molecule has 0 atom stereocenters. The van der Waals surface area contributed by atoms with Crippen LogP contribution in [0.25, 0.3) is 0 Å². The fraction of sp³-hybridized carbons (Fsp3) is 0.625. The molecular formula is C16H25ClN2. The number of benzene rings is 1. The Labute approximate surface area is 122 Å². The van der Waals surface area contributed by atoms with Gasteiger partial charge in [-0.1, -0.05) is 37.6 Å². The average molecular weight is 281 g/mol. The molecular weight excluding hydrogens is 256 g/mol. The van der Waals surface area contributed by atoms with Gasteiger partial charge in [-0.15, -0.1) is 0 Å². The van der Waals surface area contributed by atoms with Crippen LogP contribution in [0.1, 0.15) is 33.1 Å². The van der Waals surface area contributed by atoms with Crippen molar-refractivity contribution in [3.63, 3.8) is 0 Å². The van der Waals surface area contributed by atoms with Gasteiger partial charge in [-0.2, -0.15) is 0 Å². The van der Waals surface area contributed by atoms with E-state index >= 15 is 0 Å². The molecule has 0 saturated carbocycles. The molecule has 0 amide bonds. The van der Waals surface area contributed by atoms with Crippen molar-refractivity contribution in [2.45, 2.75) is 33.1 Å². The summed E-state index contributed by atoms with van der Waals surface area (Å²) in [4.78, 5) is 2.58. The average Bonchev–Trinajstić information content (AvgIpc) is 2.85. The maximum Gasteiger partial charge on any atom is 0.0637 e. The van der Waals surface area contributed by atoms with E-state index in [0.717, 1.165) is 23.8 Å². The molecule has 1 aromatic rings. The summed E-state index contributed by atoms with van der Waals surface area (Å²) in [6, 6.07) is 7.95. The monoisotopic (exact) mass is 280 g/mol. The van der Waals surface area contributed by atoms with Crippen molar-refractivity contribution in [3.8, 4) is 0 Å². The zero-order chi connectivity index (χ0) is 13.7. The zero-order valence-electron chi connectivity index (χ0n) is 12.1. The molecule has 2 rings (SSSR count). The number of rotatable bonds is 6. The summed E-state index contributed by atoms with van der Waals surface area (Å²) in [7, 11) is 0. The summed E-state index contributed by atoms with van der Waals surface area (Å²) in [6.07, 6.45) is 3.96. The molecule has 1 saturated heterocycles. The van der Waals surface area contributed by atoms with E-state index in [1.54, 1.807) is 0 Å². The first kappa shape index (κ1) is 14.7. The Morgan fingerprint density at radius 2 is 2.00 bits per heavy atom. The highest BCUT2D eigenvalue weighted by Gasteiger charge is 2.34. The molecule has 0 aromatic heterocycles. The Bertz CT molecular complexity index is 401. The van der Waals surface area contributed by atoms with Crippen LogP contribution in [0.3, 0.4) is 0 Å². The molecule has 1 aliphatic heterocycles. The molecule has 1 fully saturated rings. The number of likely N-dealkylation sites (tertiary alicyclic amines) is 1. The lowest BCUT2D eigenvalue weighted by Crippen LogP contribution is -2.30. The van der Waals surface area contributed by atoms with Crippen LogP contribution in [0.2, 0.25) is 5.02 Å². The third-order valence-corrected chi connectivity index (χ3v) is 4.96. The molecule has 0 bridgehead atoms. The van der Waals surface area contributed by atoms with E-state index in [1.165, 1.54) is 32.4 Å². The summed E-state index contributed by atoms with van der Waals surface area (Å²) in [5.74, 6) is 0. The molecule has 0 spiro atoms. The Kier molecular flexibility index (Phi) is 5.12. The van der Waals surface area contributed by atoms with Gasteiger partial charge in [-0.05, 0) is 43.4 Å². The second-order valence-corrected chi connectivity index (χ2v) is 6.05. The zero-order valence-corrected chi connectivity index (χ0v) is 12.8. The Morgan fingerprint density at radius 3 is 2.63 bits per heavy atom. The van der Waals surface area contributed by atoms with Crippen LogP contribution in [0, 0.1) is 5.41 Å². The number of halogens is 1. The molecule has 2 nitrogen and oxygen atoms in total. The number of nitrogens with zero attached hydrogens (tertiary/aromatic N) is 1. The third kappa shape index (κ3) is 3.64. The minimum Gasteiger partial charge on any atom is -0.383 e. The van der Waals surface area contributed by atoms with Gasteiger partial charge < -0.3 is 10.2 Å². The quantitative estimate of drug-likeness (QED) is 0.837. The Hall–Kier alpha value is -0.730. The predicted octanol–water partition coefficient (Wildman–Crippen LogP) is 4.26. The molecule has 106 valence electrons. The van der Waals surface area contributed by atoms with Crippen LogP contribution >= 0.6 is 11.6 Å². The molecule has 0 unspecified atom stereocenters. The van der Waals surface area contributed by atoms with Crippen molar-refractivity contribution in [2.24, 2.45) is 5.41 Å². The van der Waals surface area contributed by atoms with E-state index in [0.29, 0.717) is 5.41 Å². The molecule has 1 aromatic carbocycles. The SMILES string of the molecule is CCC1(CC)CCN(CCNc2ccccc2Cl)C1. The third-order valence-electron chi connectivity index (χ3n) is 4.63. The molecule has 1 heterocycles. The van der Waals surface area contributed by atoms with Crippen molar-refractivity contribution in [3.05, 3.63) is 29.3 Å². The van der Waals surface area contributed by atoms with E-state index in [2.05, 4.69) is 24.1 Å². The van der Waals surface area contributed by atoms with Gasteiger partial charge in [-0.25, -0.2) is 0 Å². The van der Waals surface area contributed by atoms with E-state index in [-0.39, 0.29) is 0 Å². The largest absolute Gasteiger partial charge is 0.383 e. The second kappa shape index (κ2) is 6.62. The lowest BCUT2D eigenvalue weighted by Gasteiger charge is -2.26. The summed E-state index contributed by atoms with van der Waals surface area (Å²) < 4.78 is 0. The van der Waals surface area contributed by atoms with Crippen molar-refractivity contribution < 1.29 is 0 Å². The topological polar surface area (TPSA) is 15.3 Å². The van der Waals surface area contributed by atoms with Crippen LogP contribution in [-0.4, -0.2) is 31.1 Å². The number of hydrogen-bond donors (Lipinski definition) is 1. The van der Waals surface area contributed by atoms with Gasteiger partial charge in [0.2, 0.25) is 0 Å². The highest BCUT2D eigenvalue weighted by atomic mass is 35.5. The Balaban J connectivity index is 1.77. The van der Waals surface area contributed by atoms with E-state index in [9.17, 15) is 0 Å². The number of nitrogens with one attached hydrogen (secondary N) is 1. The van der Waals surface area contributed by atoms with Gasteiger partial charge >= 0.3 is 0 Å². The highest BCUT2D eigenvalue weighted by molar-refractivity contribution is 6.33. The van der Waals surface area contributed by atoms with Crippen molar-refractivity contribution in [1.29, 1.82) is 0 Å². The van der Waals surface area contributed by atoms with Gasteiger partial charge in [0.05, 0.1) is 10.7 Å². The summed E-state index contributed by atoms with van der Waals surface area (Å²) in [5.41, 5.74) is 1.62. The molecule has 1 aliphatic rings. The fourth-order valence-electron chi connectivity index (χ4n) is 3.00. The predicted molar refractivity (Wildman–Crippen MR) is 84.0 cm³/mol. The second-order valence-electron chi connectivity index (χ2n) is 5.64. The fourth-order valence-corrected chi connectivity index (χ4v) is 3.20. The van der Waals surface area contributed by atoms with Gasteiger partial charge in [0.25, 0.3) is 0 Å². The van der Waals surface area contributed by atoms with Crippen LogP contribution in [-0.2, 0) is 0 Å². The Morgan fingerprint density at radius 1 is 1.26 bits per heavy atom. The smallest absolute Gasteiger partial charge is 0.0637 e. The van der Waals surface area contributed by atoms with E-state index in [1.807, 2.05) is 24.3 Å². The summed E-state index contributed by atoms with van der Waals surface area (Å²) in [6.45, 7) is 9.22. The van der Waals surface area contributed by atoms with Crippen molar-refractivity contribution in [2.75, 3.05) is 31.5 Å². The first-order valence-electron chi connectivity index (χ1n) is 7.40. The first-order chi connectivity index (χ1) is 9.19. The van der Waals surface area contributed by atoms with Crippen LogP contribution in [0.15, 0.2) is 24.3 Å². The van der Waals surface area contributed by atoms with Crippen molar-refractivity contribution in [1.82, 2.24) is 4.90 Å². The molecule has 0 radical (unpaired) electrons. The normalized spacial score (nSPS) is 18.7. The number of anilines is 1. The van der Waals surface area contributed by atoms with E-state index < -0.39 is 0 Å². The van der Waals surface area contributed by atoms with E-state index in [4.69, 9.17) is 11.6 Å². The minimum absolute atomic E-state index is 0.574. The van der Waals surface area contributed by atoms with Crippen LogP contribution < -0.4 is 5.32 Å². The molecule has 3 heteroatoms. The molecule has 1 N–H and O–H groups in total. The summed E-state index contributed by atoms with van der Waals surface area (Å²) in [5, 5.41) is 4.24. The minimum atomic E-state index is 0.574. The lowest BCUT2D eigenvalue weighted by molar-refractivity contribution is 0.245. The van der Waals surface area contributed by atoms with Gasteiger partial charge in [0.15, 0.2) is 0 Å². The van der Waals surface area contributed by atoms with Gasteiger partial charge in [-0.3, -0.25) is 0 Å². The number of para-hydroxylation sites is 1. The maximum atomic E-state index is 6.13. The van der Waals surface area contributed by atoms with Crippen LogP contribution in [0.5, 0.6) is 0 Å². The standard InChI is InChI=1S/C16H25ClN2/c1-3-16(4-2)9-11-19(13-16)12-10-18-15-8-6-5-7-14(15)17/h5-8,18H,3-4,9-13H2,1-2H3. The lowest BCUT2D eigenvalue weighted by atomic mass is 9.82. The molecule has 19 heavy (non-hydrogen) atoms. The first-order valence-corrected chi connectivity index (χ1v) is 7.77. The number of hydrogen-bond acceptors (Lipinski definition) is 2. The highest BCUT2D eigenvalue weighted by Crippen LogP contribution is 2.36. The van der Waals surface area contributed by atoms with Gasteiger partial charge in [0.1, 0.15) is 0 Å². The van der Waals surface area contributed by atoms with Crippen LogP contribution in [0.4, 0.5) is 5.69 Å². The molecule has 0 aliphatic carbocycles. The van der Waals surface area contributed by atoms with Crippen molar-refractivity contribution >= 4 is 17.3 Å². The summed E-state index contributed by atoms with van der Waals surface area (Å²) >= 11 is 6.13. The maximum absolute atomic E-state index is 6.13. The van der Waals surface area contributed by atoms with Gasteiger partial charge in [0, 0.05) is 19.6 Å².